The smallest absolute Gasteiger partial charge is 0.346 e. The molecular formula is C19H18N4O5S. The van der Waals surface area contributed by atoms with E-state index in [0.29, 0.717) is 21.8 Å². The quantitative estimate of drug-likeness (QED) is 0.588. The second kappa shape index (κ2) is 7.84. The third-order valence-corrected chi connectivity index (χ3v) is 5.53. The number of nitrogens with zero attached hydrogens (tertiary/aromatic N) is 2. The van der Waals surface area contributed by atoms with Crippen molar-refractivity contribution in [3.8, 4) is 0 Å². The van der Waals surface area contributed by atoms with Gasteiger partial charge in [-0.3, -0.25) is 19.0 Å². The van der Waals surface area contributed by atoms with Crippen LogP contribution in [0.25, 0.3) is 10.2 Å². The zero-order valence-electron chi connectivity index (χ0n) is 15.8. The molecular weight excluding hydrogens is 396 g/mol. The highest BCUT2D eigenvalue weighted by Crippen LogP contribution is 2.27. The fourth-order valence-electron chi connectivity index (χ4n) is 2.83. The van der Waals surface area contributed by atoms with Crippen LogP contribution in [0.1, 0.15) is 35.1 Å². The second-order valence-electron chi connectivity index (χ2n) is 6.42. The van der Waals surface area contributed by atoms with Gasteiger partial charge >= 0.3 is 5.97 Å². The summed E-state index contributed by atoms with van der Waals surface area (Å²) in [5, 5.41) is 14.8. The molecule has 0 aliphatic heterocycles. The molecule has 29 heavy (non-hydrogen) atoms. The molecule has 2 aromatic heterocycles. The zero-order valence-corrected chi connectivity index (χ0v) is 16.7. The van der Waals surface area contributed by atoms with Gasteiger partial charge in [-0.2, -0.15) is 0 Å². The van der Waals surface area contributed by atoms with Crippen molar-refractivity contribution in [2.75, 3.05) is 10.6 Å². The summed E-state index contributed by atoms with van der Waals surface area (Å²) < 4.78 is 1.18. The lowest BCUT2D eigenvalue weighted by Gasteiger charge is -2.15. The highest BCUT2D eigenvalue weighted by atomic mass is 32.1. The Labute approximate surface area is 169 Å². The molecule has 9 nitrogen and oxygen atoms in total. The summed E-state index contributed by atoms with van der Waals surface area (Å²) in [5.74, 6) is -1.76. The number of anilines is 2. The number of hydrogen-bond acceptors (Lipinski definition) is 6. The number of carboxylic acids is 1. The van der Waals surface area contributed by atoms with Crippen LogP contribution in [0.2, 0.25) is 0 Å². The largest absolute Gasteiger partial charge is 0.477 e. The van der Waals surface area contributed by atoms with Gasteiger partial charge in [0, 0.05) is 18.3 Å². The van der Waals surface area contributed by atoms with Gasteiger partial charge in [0.1, 0.15) is 15.7 Å². The third-order valence-electron chi connectivity index (χ3n) is 4.34. The molecule has 1 unspecified atom stereocenters. The number of aromatic carboxylic acids is 1. The molecule has 3 aromatic rings. The molecule has 150 valence electrons. The predicted octanol–water partition coefficient (Wildman–Crippen LogP) is 2.62. The summed E-state index contributed by atoms with van der Waals surface area (Å²) in [5.41, 5.74) is 0.958. The number of carbonyl (C=O) groups excluding carboxylic acids is 2. The highest BCUT2D eigenvalue weighted by Gasteiger charge is 2.22. The zero-order chi connectivity index (χ0) is 21.3. The van der Waals surface area contributed by atoms with E-state index in [0.717, 1.165) is 11.3 Å². The van der Waals surface area contributed by atoms with E-state index in [4.69, 9.17) is 0 Å². The molecule has 0 bridgehead atoms. The van der Waals surface area contributed by atoms with E-state index in [1.54, 1.807) is 38.1 Å². The minimum atomic E-state index is -1.12. The van der Waals surface area contributed by atoms with E-state index in [2.05, 4.69) is 15.6 Å². The molecule has 1 atom stereocenters. The summed E-state index contributed by atoms with van der Waals surface area (Å²) in [6.07, 6.45) is 1.25. The number of aromatic nitrogens is 2. The Bertz CT molecular complexity index is 1180. The van der Waals surface area contributed by atoms with Crippen LogP contribution in [-0.2, 0) is 9.59 Å². The number of nitrogens with one attached hydrogen (secondary N) is 2. The normalized spacial score (nSPS) is 11.8. The second-order valence-corrected chi connectivity index (χ2v) is 7.42. The van der Waals surface area contributed by atoms with Gasteiger partial charge in [-0.25, -0.2) is 9.78 Å². The van der Waals surface area contributed by atoms with Crippen LogP contribution in [0.15, 0.2) is 35.4 Å². The van der Waals surface area contributed by atoms with Crippen LogP contribution >= 0.6 is 11.3 Å². The summed E-state index contributed by atoms with van der Waals surface area (Å²) in [6.45, 7) is 4.50. The molecule has 0 aliphatic rings. The molecule has 0 aliphatic carbocycles. The molecule has 0 saturated heterocycles. The maximum absolute atomic E-state index is 12.8. The summed E-state index contributed by atoms with van der Waals surface area (Å²) >= 11 is 0.929. The lowest BCUT2D eigenvalue weighted by molar-refractivity contribution is -0.119. The first kappa shape index (κ1) is 20.2. The van der Waals surface area contributed by atoms with Gasteiger partial charge in [0.05, 0.1) is 11.7 Å². The van der Waals surface area contributed by atoms with Crippen molar-refractivity contribution in [1.82, 2.24) is 9.55 Å². The van der Waals surface area contributed by atoms with Crippen LogP contribution in [0.3, 0.4) is 0 Å². The lowest BCUT2D eigenvalue weighted by atomic mass is 10.2. The summed E-state index contributed by atoms with van der Waals surface area (Å²) in [4.78, 5) is 52.3. The Morgan fingerprint density at radius 1 is 1.14 bits per heavy atom. The Morgan fingerprint density at radius 2 is 1.72 bits per heavy atom. The SMILES string of the molecule is CC(=O)Nc1ccc(NC(=O)C(C)n2cnc3sc(C(=O)O)c(C)c3c2=O)cc1. The molecule has 2 heterocycles. The number of amides is 2. The number of rotatable bonds is 5. The van der Waals surface area contributed by atoms with E-state index in [1.807, 2.05) is 0 Å². The van der Waals surface area contributed by atoms with Crippen molar-refractivity contribution in [2.45, 2.75) is 26.8 Å². The fraction of sp³-hybridized carbons (Fsp3) is 0.211. The average molecular weight is 414 g/mol. The van der Waals surface area contributed by atoms with Gasteiger partial charge in [-0.05, 0) is 43.7 Å². The van der Waals surface area contributed by atoms with Crippen molar-refractivity contribution in [2.24, 2.45) is 0 Å². The van der Waals surface area contributed by atoms with Crippen LogP contribution in [0.4, 0.5) is 11.4 Å². The highest BCUT2D eigenvalue weighted by molar-refractivity contribution is 7.20. The van der Waals surface area contributed by atoms with Crippen LogP contribution < -0.4 is 16.2 Å². The number of carbonyl (C=O) groups is 3. The van der Waals surface area contributed by atoms with Crippen molar-refractivity contribution in [1.29, 1.82) is 0 Å². The van der Waals surface area contributed by atoms with Crippen molar-refractivity contribution >= 4 is 50.7 Å². The van der Waals surface area contributed by atoms with Gasteiger partial charge in [-0.15, -0.1) is 11.3 Å². The van der Waals surface area contributed by atoms with E-state index in [-0.39, 0.29) is 16.2 Å². The lowest BCUT2D eigenvalue weighted by Crippen LogP contribution is -2.31. The molecule has 0 radical (unpaired) electrons. The van der Waals surface area contributed by atoms with Crippen molar-refractivity contribution in [3.05, 3.63) is 51.4 Å². The fourth-order valence-corrected chi connectivity index (χ4v) is 3.81. The van der Waals surface area contributed by atoms with Gasteiger partial charge < -0.3 is 15.7 Å². The first-order valence-corrected chi connectivity index (χ1v) is 9.42. The number of aryl methyl sites for hydroxylation is 1. The number of hydrogen-bond donors (Lipinski definition) is 3. The topological polar surface area (TPSA) is 130 Å². The molecule has 1 aromatic carbocycles. The van der Waals surface area contributed by atoms with Crippen LogP contribution in [0.5, 0.6) is 0 Å². The van der Waals surface area contributed by atoms with Crippen LogP contribution in [0, 0.1) is 6.92 Å². The van der Waals surface area contributed by atoms with Gasteiger partial charge in [-0.1, -0.05) is 0 Å². The number of benzene rings is 1. The maximum atomic E-state index is 12.8. The monoisotopic (exact) mass is 414 g/mol. The maximum Gasteiger partial charge on any atom is 0.346 e. The molecule has 2 amide bonds. The standard InChI is InChI=1S/C19H18N4O5S/c1-9-14-17(29-15(9)19(27)28)20-8-23(18(14)26)10(2)16(25)22-13-6-4-12(5-7-13)21-11(3)24/h4-8,10H,1-3H3,(H,21,24)(H,22,25)(H,27,28). The molecule has 0 spiro atoms. The number of thiophene rings is 1. The van der Waals surface area contributed by atoms with Crippen molar-refractivity contribution < 1.29 is 19.5 Å². The number of fused-ring (bicyclic) bond motifs is 1. The summed E-state index contributed by atoms with van der Waals surface area (Å²) in [6, 6.07) is 5.67. The van der Waals surface area contributed by atoms with E-state index >= 15 is 0 Å². The van der Waals surface area contributed by atoms with Crippen LogP contribution in [-0.4, -0.2) is 32.4 Å². The first-order valence-electron chi connectivity index (χ1n) is 8.61. The Morgan fingerprint density at radius 3 is 2.28 bits per heavy atom. The molecule has 3 N–H and O–H groups in total. The Hall–Kier alpha value is -3.53. The molecule has 3 rings (SSSR count). The van der Waals surface area contributed by atoms with Crippen molar-refractivity contribution in [3.63, 3.8) is 0 Å². The summed E-state index contributed by atoms with van der Waals surface area (Å²) in [7, 11) is 0. The van der Waals surface area contributed by atoms with E-state index < -0.39 is 23.5 Å². The first-order chi connectivity index (χ1) is 13.7. The molecule has 10 heteroatoms. The Kier molecular flexibility index (Phi) is 5.46. The van der Waals surface area contributed by atoms with Gasteiger partial charge in [0.15, 0.2) is 0 Å². The van der Waals surface area contributed by atoms with E-state index in [1.165, 1.54) is 17.8 Å². The minimum Gasteiger partial charge on any atom is -0.477 e. The van der Waals surface area contributed by atoms with Gasteiger partial charge in [0.25, 0.3) is 5.56 Å². The minimum absolute atomic E-state index is 0.0544. The number of carboxylic acid groups (broad SMARTS) is 1. The third kappa shape index (κ3) is 4.02. The molecule has 0 saturated carbocycles. The molecule has 0 fully saturated rings. The Balaban J connectivity index is 1.86. The average Bonchev–Trinajstić information content (AvgIpc) is 3.00. The van der Waals surface area contributed by atoms with Gasteiger partial charge in [0.2, 0.25) is 11.8 Å². The predicted molar refractivity (Wildman–Crippen MR) is 110 cm³/mol. The van der Waals surface area contributed by atoms with E-state index in [9.17, 15) is 24.3 Å².